The molecule has 0 saturated heterocycles. The Morgan fingerprint density at radius 1 is 1.08 bits per heavy atom. The molecular formula is C20H21NO5. The third kappa shape index (κ3) is 4.70. The minimum Gasteiger partial charge on any atom is -0.484 e. The van der Waals surface area contributed by atoms with Crippen molar-refractivity contribution in [1.82, 2.24) is 0 Å². The number of ether oxygens (including phenoxy) is 2. The fourth-order valence-corrected chi connectivity index (χ4v) is 2.49. The number of rotatable bonds is 4. The van der Waals surface area contributed by atoms with Gasteiger partial charge in [-0.2, -0.15) is 0 Å². The van der Waals surface area contributed by atoms with Gasteiger partial charge in [-0.1, -0.05) is 24.3 Å². The van der Waals surface area contributed by atoms with Gasteiger partial charge in [0.15, 0.2) is 6.61 Å². The molecule has 0 radical (unpaired) electrons. The molecule has 1 heterocycles. The molecule has 2 N–H and O–H groups in total. The normalized spacial score (nSPS) is 10.1. The minimum atomic E-state index is -0.569. The van der Waals surface area contributed by atoms with E-state index in [2.05, 4.69) is 4.74 Å². The molecule has 0 aliphatic carbocycles. The fraction of sp³-hybridized carbons (Fsp3) is 0.200. The van der Waals surface area contributed by atoms with Gasteiger partial charge in [-0.3, -0.25) is 4.79 Å². The first-order valence-electron chi connectivity index (χ1n) is 7.91. The number of fused-ring (bicyclic) bond motifs is 1. The van der Waals surface area contributed by atoms with Gasteiger partial charge >= 0.3 is 5.63 Å². The van der Waals surface area contributed by atoms with E-state index in [9.17, 15) is 9.59 Å². The monoisotopic (exact) mass is 355 g/mol. The molecule has 0 bridgehead atoms. The highest BCUT2D eigenvalue weighted by molar-refractivity contribution is 5.94. The summed E-state index contributed by atoms with van der Waals surface area (Å²) in [7, 11) is 3.25. The number of amides is 1. The summed E-state index contributed by atoms with van der Waals surface area (Å²) in [5, 5.41) is 0.797. The molecule has 26 heavy (non-hydrogen) atoms. The lowest BCUT2D eigenvalue weighted by Gasteiger charge is -2.10. The Morgan fingerprint density at radius 2 is 1.77 bits per heavy atom. The molecule has 1 aromatic heterocycles. The summed E-state index contributed by atoms with van der Waals surface area (Å²) in [4.78, 5) is 22.7. The quantitative estimate of drug-likeness (QED) is 0.727. The SMILES string of the molecule is COC.Cc1ccccc1-c1cc(=O)oc2cc(OCC(N)=O)ccc12. The number of nitrogens with two attached hydrogens (primary N) is 1. The van der Waals surface area contributed by atoms with Crippen molar-refractivity contribution in [2.75, 3.05) is 20.8 Å². The van der Waals surface area contributed by atoms with Crippen LogP contribution in [0.5, 0.6) is 5.75 Å². The summed E-state index contributed by atoms with van der Waals surface area (Å²) in [5.41, 5.74) is 7.85. The van der Waals surface area contributed by atoms with Crippen LogP contribution in [0.25, 0.3) is 22.1 Å². The fourth-order valence-electron chi connectivity index (χ4n) is 2.49. The van der Waals surface area contributed by atoms with Crippen LogP contribution in [-0.2, 0) is 9.53 Å². The minimum absolute atomic E-state index is 0.229. The lowest BCUT2D eigenvalue weighted by molar-refractivity contribution is -0.119. The van der Waals surface area contributed by atoms with E-state index in [1.165, 1.54) is 6.07 Å². The van der Waals surface area contributed by atoms with Crippen LogP contribution in [0.4, 0.5) is 0 Å². The van der Waals surface area contributed by atoms with E-state index in [4.69, 9.17) is 14.9 Å². The lowest BCUT2D eigenvalue weighted by Crippen LogP contribution is -2.19. The largest absolute Gasteiger partial charge is 0.484 e. The zero-order valence-corrected chi connectivity index (χ0v) is 14.9. The topological polar surface area (TPSA) is 91.8 Å². The summed E-state index contributed by atoms with van der Waals surface area (Å²) >= 11 is 0. The molecule has 0 fully saturated rings. The lowest BCUT2D eigenvalue weighted by atomic mass is 9.98. The van der Waals surface area contributed by atoms with Crippen LogP contribution in [0.15, 0.2) is 57.7 Å². The average molecular weight is 355 g/mol. The number of primary amides is 1. The van der Waals surface area contributed by atoms with Crippen LogP contribution < -0.4 is 16.1 Å². The van der Waals surface area contributed by atoms with E-state index < -0.39 is 11.5 Å². The standard InChI is InChI=1S/C18H15NO4.C2H6O/c1-11-4-2-3-5-13(11)15-9-18(21)23-16-8-12(6-7-14(15)16)22-10-17(19)20;1-3-2/h2-9H,10H2,1H3,(H2,19,20);1-2H3. The van der Waals surface area contributed by atoms with Gasteiger partial charge in [0.2, 0.25) is 0 Å². The number of benzene rings is 2. The van der Waals surface area contributed by atoms with Crippen molar-refractivity contribution in [3.05, 3.63) is 64.5 Å². The third-order valence-electron chi connectivity index (χ3n) is 3.53. The summed E-state index contributed by atoms with van der Waals surface area (Å²) in [6.07, 6.45) is 0. The number of aryl methyl sites for hydroxylation is 1. The van der Waals surface area contributed by atoms with E-state index in [0.29, 0.717) is 11.3 Å². The highest BCUT2D eigenvalue weighted by Gasteiger charge is 2.11. The number of hydrogen-bond acceptors (Lipinski definition) is 5. The molecule has 0 atom stereocenters. The van der Waals surface area contributed by atoms with Crippen molar-refractivity contribution in [3.63, 3.8) is 0 Å². The Bertz CT molecular complexity index is 962. The second kappa shape index (κ2) is 8.82. The van der Waals surface area contributed by atoms with Crippen molar-refractivity contribution in [2.24, 2.45) is 5.73 Å². The Kier molecular flexibility index (Phi) is 6.52. The van der Waals surface area contributed by atoms with Crippen LogP contribution in [-0.4, -0.2) is 26.7 Å². The molecule has 3 aromatic rings. The van der Waals surface area contributed by atoms with Gasteiger partial charge in [0.25, 0.3) is 5.91 Å². The van der Waals surface area contributed by atoms with Gasteiger partial charge in [-0.25, -0.2) is 4.79 Å². The number of carbonyl (C=O) groups excluding carboxylic acids is 1. The first-order chi connectivity index (χ1) is 12.5. The van der Waals surface area contributed by atoms with Gasteiger partial charge in [0, 0.05) is 37.3 Å². The van der Waals surface area contributed by atoms with Gasteiger partial charge in [0.1, 0.15) is 11.3 Å². The third-order valence-corrected chi connectivity index (χ3v) is 3.53. The smallest absolute Gasteiger partial charge is 0.336 e. The highest BCUT2D eigenvalue weighted by atomic mass is 16.5. The second-order valence-electron chi connectivity index (χ2n) is 5.62. The van der Waals surface area contributed by atoms with Crippen LogP contribution >= 0.6 is 0 Å². The number of carbonyl (C=O) groups is 1. The van der Waals surface area contributed by atoms with Crippen molar-refractivity contribution >= 4 is 16.9 Å². The van der Waals surface area contributed by atoms with Crippen LogP contribution in [0, 0.1) is 6.92 Å². The Balaban J connectivity index is 0.000000758. The van der Waals surface area contributed by atoms with Crippen LogP contribution in [0.2, 0.25) is 0 Å². The molecule has 136 valence electrons. The average Bonchev–Trinajstić information content (AvgIpc) is 2.60. The van der Waals surface area contributed by atoms with E-state index in [1.807, 2.05) is 31.2 Å². The zero-order chi connectivity index (χ0) is 19.1. The molecule has 2 aromatic carbocycles. The molecular weight excluding hydrogens is 334 g/mol. The summed E-state index contributed by atoms with van der Waals surface area (Å²) in [5.74, 6) is -0.151. The molecule has 0 aliphatic heterocycles. The number of methoxy groups -OCH3 is 1. The molecule has 1 amide bonds. The predicted octanol–water partition coefficient (Wildman–Crippen LogP) is 2.90. The van der Waals surface area contributed by atoms with E-state index >= 15 is 0 Å². The van der Waals surface area contributed by atoms with Crippen molar-refractivity contribution in [3.8, 4) is 16.9 Å². The van der Waals surface area contributed by atoms with Gasteiger partial charge < -0.3 is 19.6 Å². The maximum atomic E-state index is 11.9. The second-order valence-corrected chi connectivity index (χ2v) is 5.62. The molecule has 3 rings (SSSR count). The summed E-state index contributed by atoms with van der Waals surface area (Å²) in [6.45, 7) is 1.76. The summed E-state index contributed by atoms with van der Waals surface area (Å²) in [6, 6.07) is 14.4. The predicted molar refractivity (Wildman–Crippen MR) is 100 cm³/mol. The van der Waals surface area contributed by atoms with Crippen molar-refractivity contribution in [2.45, 2.75) is 6.92 Å². The van der Waals surface area contributed by atoms with Crippen LogP contribution in [0.3, 0.4) is 0 Å². The van der Waals surface area contributed by atoms with E-state index in [0.717, 1.165) is 22.1 Å². The van der Waals surface area contributed by atoms with Gasteiger partial charge in [-0.15, -0.1) is 0 Å². The maximum absolute atomic E-state index is 11.9. The van der Waals surface area contributed by atoms with E-state index in [1.54, 1.807) is 32.4 Å². The van der Waals surface area contributed by atoms with Crippen molar-refractivity contribution in [1.29, 1.82) is 0 Å². The Labute approximate surface area is 151 Å². The molecule has 0 saturated carbocycles. The molecule has 0 unspecified atom stereocenters. The first-order valence-corrected chi connectivity index (χ1v) is 7.91. The Hall–Kier alpha value is -3.12. The molecule has 6 nitrogen and oxygen atoms in total. The zero-order valence-electron chi connectivity index (χ0n) is 14.9. The van der Waals surface area contributed by atoms with Gasteiger partial charge in [-0.05, 0) is 30.2 Å². The highest BCUT2D eigenvalue weighted by Crippen LogP contribution is 2.31. The maximum Gasteiger partial charge on any atom is 0.336 e. The molecule has 0 aliphatic rings. The van der Waals surface area contributed by atoms with Crippen LogP contribution in [0.1, 0.15) is 5.56 Å². The Morgan fingerprint density at radius 3 is 2.42 bits per heavy atom. The molecule has 6 heteroatoms. The van der Waals surface area contributed by atoms with Crippen molar-refractivity contribution < 1.29 is 18.7 Å². The summed E-state index contributed by atoms with van der Waals surface area (Å²) < 4.78 is 14.8. The van der Waals surface area contributed by atoms with Gasteiger partial charge in [0.05, 0.1) is 0 Å². The van der Waals surface area contributed by atoms with E-state index in [-0.39, 0.29) is 6.61 Å². The molecule has 0 spiro atoms. The number of hydrogen-bond donors (Lipinski definition) is 1. The first kappa shape index (κ1) is 19.2.